The van der Waals surface area contributed by atoms with Gasteiger partial charge in [-0.3, -0.25) is 0 Å². The van der Waals surface area contributed by atoms with Crippen molar-refractivity contribution in [3.8, 4) is 0 Å². The maximum Gasteiger partial charge on any atom is 0.268 e. The molecule has 6 nitrogen and oxygen atoms in total. The first-order valence-corrected chi connectivity index (χ1v) is 8.63. The molecule has 3 heterocycles. The molecule has 0 aromatic rings. The summed E-state index contributed by atoms with van der Waals surface area (Å²) < 4.78 is 34.9. The molecule has 3 fully saturated rings. The van der Waals surface area contributed by atoms with Crippen LogP contribution >= 0.6 is 0 Å². The van der Waals surface area contributed by atoms with Crippen LogP contribution in [-0.2, 0) is 23.7 Å². The zero-order valence-corrected chi connectivity index (χ0v) is 15.1. The third-order valence-electron chi connectivity index (χ3n) is 4.80. The van der Waals surface area contributed by atoms with Crippen LogP contribution in [0.2, 0.25) is 0 Å². The van der Waals surface area contributed by atoms with Gasteiger partial charge in [-0.2, -0.15) is 0 Å². The van der Waals surface area contributed by atoms with Gasteiger partial charge in [0, 0.05) is 26.9 Å². The van der Waals surface area contributed by atoms with Crippen LogP contribution in [0.1, 0.15) is 48.0 Å². The van der Waals surface area contributed by atoms with E-state index in [1.165, 1.54) is 0 Å². The van der Waals surface area contributed by atoms with Gasteiger partial charge in [-0.1, -0.05) is 0 Å². The monoisotopic (exact) mass is 331 g/mol. The molecule has 2 unspecified atom stereocenters. The van der Waals surface area contributed by atoms with Gasteiger partial charge in [0.25, 0.3) is 5.79 Å². The van der Waals surface area contributed by atoms with E-state index in [9.17, 15) is 0 Å². The van der Waals surface area contributed by atoms with Gasteiger partial charge >= 0.3 is 0 Å². The average Bonchev–Trinajstić information content (AvgIpc) is 2.78. The van der Waals surface area contributed by atoms with Crippen molar-refractivity contribution in [1.29, 1.82) is 0 Å². The summed E-state index contributed by atoms with van der Waals surface area (Å²) >= 11 is 0. The lowest BCUT2D eigenvalue weighted by molar-refractivity contribution is -0.435. The largest absolute Gasteiger partial charge is 0.403 e. The van der Waals surface area contributed by atoms with Gasteiger partial charge in [-0.15, -0.1) is 0 Å². The molecule has 1 N–H and O–H groups in total. The molecule has 3 aliphatic heterocycles. The molecule has 0 saturated carbocycles. The highest BCUT2D eigenvalue weighted by Crippen LogP contribution is 2.42. The minimum atomic E-state index is -0.628. The van der Waals surface area contributed by atoms with E-state index >= 15 is 0 Å². The maximum atomic E-state index is 6.38. The molecule has 23 heavy (non-hydrogen) atoms. The normalized spacial score (nSPS) is 45.7. The van der Waals surface area contributed by atoms with Gasteiger partial charge in [-0.05, 0) is 27.7 Å². The molecule has 0 bridgehead atoms. The second-order valence-electron chi connectivity index (χ2n) is 7.86. The molecule has 134 valence electrons. The summed E-state index contributed by atoms with van der Waals surface area (Å²) in [5.41, 5.74) is 0. The van der Waals surface area contributed by atoms with Crippen molar-refractivity contribution in [3.63, 3.8) is 0 Å². The standard InChI is InChI=1S/C17H30O6/c1-7-18-17(6)8-11-9-19-16(4,5)22-13(11)14(23-17)12-10-20-15(2,3)21-12/h11-14H,7-10H2,1-6H3/p+1/t11?,12-,13-,14?,17+/m1/s1. The molecule has 3 saturated heterocycles. The number of aliphatic hydroxyl groups is 2. The minimum absolute atomic E-state index is 0.0368. The summed E-state index contributed by atoms with van der Waals surface area (Å²) in [5, 5.41) is 0. The first kappa shape index (κ1) is 17.6. The third-order valence-corrected chi connectivity index (χ3v) is 4.80. The van der Waals surface area contributed by atoms with Crippen LogP contribution in [0.15, 0.2) is 0 Å². The van der Waals surface area contributed by atoms with Crippen molar-refractivity contribution in [3.05, 3.63) is 0 Å². The fourth-order valence-corrected chi connectivity index (χ4v) is 3.89. The minimum Gasteiger partial charge on any atom is -0.403 e. The lowest BCUT2D eigenvalue weighted by atomic mass is 9.84. The van der Waals surface area contributed by atoms with Crippen LogP contribution in [0.4, 0.5) is 0 Å². The molecule has 0 aromatic carbocycles. The predicted molar refractivity (Wildman–Crippen MR) is 84.0 cm³/mol. The van der Waals surface area contributed by atoms with Crippen molar-refractivity contribution in [1.82, 2.24) is 0 Å². The molecule has 6 heteroatoms. The Morgan fingerprint density at radius 3 is 2.39 bits per heavy atom. The SMILES string of the molecule is CCO[C@]1(C)CC2COC(C)(C)[OH+][C@H]2C([C@H]2COC(C)(C)O2)O1. The van der Waals surface area contributed by atoms with E-state index < -0.39 is 17.4 Å². The average molecular weight is 331 g/mol. The topological polar surface area (TPSA) is 59.0 Å². The van der Waals surface area contributed by atoms with Gasteiger partial charge in [0.1, 0.15) is 6.10 Å². The Hall–Kier alpha value is -0.240. The van der Waals surface area contributed by atoms with E-state index in [2.05, 4.69) is 0 Å². The number of hydrogen-bond acceptors (Lipinski definition) is 5. The van der Waals surface area contributed by atoms with E-state index in [-0.39, 0.29) is 24.2 Å². The lowest BCUT2D eigenvalue weighted by Gasteiger charge is -2.49. The molecule has 0 spiro atoms. The van der Waals surface area contributed by atoms with Crippen LogP contribution in [-0.4, -0.2) is 60.2 Å². The van der Waals surface area contributed by atoms with Crippen LogP contribution in [0.3, 0.4) is 0 Å². The van der Waals surface area contributed by atoms with E-state index in [4.69, 9.17) is 28.4 Å². The van der Waals surface area contributed by atoms with Crippen molar-refractivity contribution in [2.75, 3.05) is 19.8 Å². The van der Waals surface area contributed by atoms with Crippen molar-refractivity contribution < 1.29 is 28.4 Å². The maximum absolute atomic E-state index is 6.38. The summed E-state index contributed by atoms with van der Waals surface area (Å²) in [4.78, 5) is 0. The number of fused-ring (bicyclic) bond motifs is 1. The molecule has 0 amide bonds. The second kappa shape index (κ2) is 5.93. The summed E-state index contributed by atoms with van der Waals surface area (Å²) in [7, 11) is 0. The van der Waals surface area contributed by atoms with Crippen molar-refractivity contribution in [2.24, 2.45) is 5.92 Å². The summed E-state index contributed by atoms with van der Waals surface area (Å²) in [6.07, 6.45) is 0.485. The molecule has 3 rings (SSSR count). The van der Waals surface area contributed by atoms with Gasteiger partial charge in [-0.25, -0.2) is 0 Å². The van der Waals surface area contributed by atoms with Crippen LogP contribution in [0, 0.1) is 5.92 Å². The van der Waals surface area contributed by atoms with Crippen LogP contribution < -0.4 is 0 Å². The van der Waals surface area contributed by atoms with E-state index in [1.807, 2.05) is 41.5 Å². The Kier molecular flexibility index (Phi) is 4.53. The Morgan fingerprint density at radius 2 is 1.78 bits per heavy atom. The molecule has 0 aliphatic carbocycles. The van der Waals surface area contributed by atoms with Gasteiger partial charge < -0.3 is 28.4 Å². The lowest BCUT2D eigenvalue weighted by Crippen LogP contribution is -2.64. The quantitative estimate of drug-likeness (QED) is 0.740. The van der Waals surface area contributed by atoms with E-state index in [0.717, 1.165) is 6.42 Å². The van der Waals surface area contributed by atoms with E-state index in [1.54, 1.807) is 0 Å². The van der Waals surface area contributed by atoms with Gasteiger partial charge in [0.15, 0.2) is 23.8 Å². The van der Waals surface area contributed by atoms with Crippen molar-refractivity contribution in [2.45, 2.75) is 83.6 Å². The summed E-state index contributed by atoms with van der Waals surface area (Å²) in [5.74, 6) is -1.43. The molecule has 0 aromatic heterocycles. The number of hydrogen-bond donors (Lipinski definition) is 0. The fourth-order valence-electron chi connectivity index (χ4n) is 3.89. The van der Waals surface area contributed by atoms with E-state index in [0.29, 0.717) is 19.8 Å². The Morgan fingerprint density at radius 1 is 1.04 bits per heavy atom. The Bertz CT molecular complexity index is 437. The van der Waals surface area contributed by atoms with Crippen LogP contribution in [0.5, 0.6) is 0 Å². The Labute approximate surface area is 138 Å². The molecule has 5 atom stereocenters. The highest BCUT2D eigenvalue weighted by Gasteiger charge is 2.58. The first-order chi connectivity index (χ1) is 10.6. The summed E-state index contributed by atoms with van der Waals surface area (Å²) in [6, 6.07) is 0. The third kappa shape index (κ3) is 3.72. The van der Waals surface area contributed by atoms with Crippen molar-refractivity contribution >= 4 is 0 Å². The zero-order valence-electron chi connectivity index (χ0n) is 15.1. The fraction of sp³-hybridized carbons (Fsp3) is 1.00. The Balaban J connectivity index is 1.82. The van der Waals surface area contributed by atoms with Gasteiger partial charge in [0.05, 0.1) is 19.1 Å². The molecular weight excluding hydrogens is 300 g/mol. The molecular formula is C17H31O6+. The smallest absolute Gasteiger partial charge is 0.268 e. The number of ether oxygens (including phenoxy) is 6. The highest BCUT2D eigenvalue weighted by molar-refractivity contribution is 4.96. The van der Waals surface area contributed by atoms with Crippen LogP contribution in [0.25, 0.3) is 0 Å². The molecule has 0 radical (unpaired) electrons. The molecule has 3 aliphatic rings. The predicted octanol–water partition coefficient (Wildman–Crippen LogP) is 1.96. The van der Waals surface area contributed by atoms with Gasteiger partial charge in [0.2, 0.25) is 0 Å². The first-order valence-electron chi connectivity index (χ1n) is 8.63. The highest BCUT2D eigenvalue weighted by atomic mass is 16.8. The summed E-state index contributed by atoms with van der Waals surface area (Å²) in [6.45, 7) is 13.6. The number of rotatable bonds is 3. The second-order valence-corrected chi connectivity index (χ2v) is 7.86. The zero-order chi connectivity index (χ0) is 16.9.